The van der Waals surface area contributed by atoms with Crippen molar-refractivity contribution in [3.63, 3.8) is 0 Å². The topological polar surface area (TPSA) is 20.2 Å². The Balaban J connectivity index is 2.26. The lowest BCUT2D eigenvalue weighted by Gasteiger charge is -2.30. The Labute approximate surface area is 94.3 Å². The summed E-state index contributed by atoms with van der Waals surface area (Å²) in [5.74, 6) is 7.28. The van der Waals surface area contributed by atoms with Crippen LogP contribution in [0.2, 0.25) is 0 Å². The Hall–Kier alpha value is -0.480. The van der Waals surface area contributed by atoms with Gasteiger partial charge in [-0.3, -0.25) is 0 Å². The molecule has 0 radical (unpaired) electrons. The van der Waals surface area contributed by atoms with Crippen molar-refractivity contribution in [1.82, 2.24) is 0 Å². The lowest BCUT2D eigenvalue weighted by molar-refractivity contribution is 0.0765. The van der Waals surface area contributed by atoms with Gasteiger partial charge in [-0.2, -0.15) is 0 Å². The number of aliphatic hydroxyl groups is 1. The second kappa shape index (κ2) is 6.90. The standard InChI is InChI=1S/C14H24O/c1-3-5-7-14(15)13-10-8-12(6-4-2)9-11-13/h12-15H,4,6-11H2,1-2H3. The first-order valence-corrected chi connectivity index (χ1v) is 6.35. The summed E-state index contributed by atoms with van der Waals surface area (Å²) in [6.07, 6.45) is 8.20. The summed E-state index contributed by atoms with van der Waals surface area (Å²) < 4.78 is 0. The minimum Gasteiger partial charge on any atom is -0.392 e. The van der Waals surface area contributed by atoms with Crippen molar-refractivity contribution in [3.8, 4) is 11.8 Å². The van der Waals surface area contributed by atoms with Gasteiger partial charge in [0, 0.05) is 6.42 Å². The largest absolute Gasteiger partial charge is 0.392 e. The van der Waals surface area contributed by atoms with Crippen molar-refractivity contribution in [1.29, 1.82) is 0 Å². The van der Waals surface area contributed by atoms with E-state index >= 15 is 0 Å². The molecule has 1 rings (SSSR count). The van der Waals surface area contributed by atoms with E-state index in [1.165, 1.54) is 38.5 Å². The van der Waals surface area contributed by atoms with Crippen molar-refractivity contribution in [2.24, 2.45) is 11.8 Å². The maximum Gasteiger partial charge on any atom is 0.0677 e. The van der Waals surface area contributed by atoms with Gasteiger partial charge in [0.1, 0.15) is 0 Å². The third kappa shape index (κ3) is 4.26. The van der Waals surface area contributed by atoms with Crippen molar-refractivity contribution in [2.75, 3.05) is 0 Å². The molecule has 1 N–H and O–H groups in total. The summed E-state index contributed by atoms with van der Waals surface area (Å²) in [7, 11) is 0. The van der Waals surface area contributed by atoms with Gasteiger partial charge in [0.15, 0.2) is 0 Å². The van der Waals surface area contributed by atoms with Crippen LogP contribution in [-0.4, -0.2) is 11.2 Å². The third-order valence-electron chi connectivity index (χ3n) is 3.62. The van der Waals surface area contributed by atoms with Gasteiger partial charge in [0.05, 0.1) is 6.10 Å². The molecule has 0 heterocycles. The predicted octanol–water partition coefficient (Wildman–Crippen LogP) is 3.37. The number of rotatable bonds is 4. The highest BCUT2D eigenvalue weighted by atomic mass is 16.3. The molecule has 0 aromatic heterocycles. The number of hydrogen-bond acceptors (Lipinski definition) is 1. The van der Waals surface area contributed by atoms with E-state index in [9.17, 15) is 5.11 Å². The van der Waals surface area contributed by atoms with Crippen LogP contribution in [0.15, 0.2) is 0 Å². The first kappa shape index (κ1) is 12.6. The molecule has 1 fully saturated rings. The third-order valence-corrected chi connectivity index (χ3v) is 3.62. The van der Waals surface area contributed by atoms with E-state index in [0.29, 0.717) is 12.3 Å². The molecule has 1 unspecified atom stereocenters. The molecule has 0 amide bonds. The maximum absolute atomic E-state index is 9.92. The normalized spacial score (nSPS) is 27.9. The fourth-order valence-electron chi connectivity index (χ4n) is 2.64. The molecule has 1 nitrogen and oxygen atoms in total. The maximum atomic E-state index is 9.92. The van der Waals surface area contributed by atoms with Crippen LogP contribution in [0.4, 0.5) is 0 Å². The minimum atomic E-state index is -0.181. The van der Waals surface area contributed by atoms with Crippen LogP contribution in [0.3, 0.4) is 0 Å². The molecule has 1 aliphatic rings. The zero-order valence-corrected chi connectivity index (χ0v) is 10.1. The Morgan fingerprint density at radius 3 is 2.47 bits per heavy atom. The van der Waals surface area contributed by atoms with Gasteiger partial charge in [0.2, 0.25) is 0 Å². The van der Waals surface area contributed by atoms with Crippen LogP contribution in [0.1, 0.15) is 58.8 Å². The second-order valence-electron chi connectivity index (χ2n) is 4.77. The molecule has 15 heavy (non-hydrogen) atoms. The van der Waals surface area contributed by atoms with E-state index < -0.39 is 0 Å². The van der Waals surface area contributed by atoms with Crippen molar-refractivity contribution in [2.45, 2.75) is 64.9 Å². The Bertz CT molecular complexity index is 215. The summed E-state index contributed by atoms with van der Waals surface area (Å²) in [5, 5.41) is 9.92. The monoisotopic (exact) mass is 208 g/mol. The smallest absolute Gasteiger partial charge is 0.0677 e. The minimum absolute atomic E-state index is 0.181. The fraction of sp³-hybridized carbons (Fsp3) is 0.857. The van der Waals surface area contributed by atoms with Gasteiger partial charge >= 0.3 is 0 Å². The lowest BCUT2D eigenvalue weighted by atomic mass is 9.77. The van der Waals surface area contributed by atoms with E-state index in [4.69, 9.17) is 0 Å². The Kier molecular flexibility index (Phi) is 5.79. The molecule has 0 aromatic carbocycles. The first-order valence-electron chi connectivity index (χ1n) is 6.35. The SMILES string of the molecule is CC#CCC(O)C1CCC(CCC)CC1. The van der Waals surface area contributed by atoms with E-state index in [1.807, 2.05) is 6.92 Å². The van der Waals surface area contributed by atoms with Gasteiger partial charge in [-0.15, -0.1) is 11.8 Å². The van der Waals surface area contributed by atoms with Crippen LogP contribution in [0.5, 0.6) is 0 Å². The Morgan fingerprint density at radius 1 is 1.27 bits per heavy atom. The fourth-order valence-corrected chi connectivity index (χ4v) is 2.64. The lowest BCUT2D eigenvalue weighted by Crippen LogP contribution is -2.25. The van der Waals surface area contributed by atoms with Crippen molar-refractivity contribution in [3.05, 3.63) is 0 Å². The van der Waals surface area contributed by atoms with E-state index in [1.54, 1.807) is 0 Å². The average Bonchev–Trinajstić information content (AvgIpc) is 2.27. The van der Waals surface area contributed by atoms with Crippen LogP contribution in [0, 0.1) is 23.7 Å². The van der Waals surface area contributed by atoms with Gasteiger partial charge in [0.25, 0.3) is 0 Å². The van der Waals surface area contributed by atoms with Gasteiger partial charge < -0.3 is 5.11 Å². The highest BCUT2D eigenvalue weighted by Crippen LogP contribution is 2.33. The molecular weight excluding hydrogens is 184 g/mol. The number of hydrogen-bond donors (Lipinski definition) is 1. The van der Waals surface area contributed by atoms with E-state index in [-0.39, 0.29) is 6.10 Å². The van der Waals surface area contributed by atoms with Crippen LogP contribution in [0.25, 0.3) is 0 Å². The average molecular weight is 208 g/mol. The van der Waals surface area contributed by atoms with Gasteiger partial charge in [-0.05, 0) is 31.6 Å². The highest BCUT2D eigenvalue weighted by molar-refractivity contribution is 4.98. The predicted molar refractivity (Wildman–Crippen MR) is 64.4 cm³/mol. The van der Waals surface area contributed by atoms with Gasteiger partial charge in [-0.25, -0.2) is 0 Å². The molecule has 1 aliphatic carbocycles. The highest BCUT2D eigenvalue weighted by Gasteiger charge is 2.25. The second-order valence-corrected chi connectivity index (χ2v) is 4.77. The molecule has 86 valence electrons. The molecule has 0 saturated heterocycles. The first-order chi connectivity index (χ1) is 7.27. The van der Waals surface area contributed by atoms with Crippen molar-refractivity contribution >= 4 is 0 Å². The zero-order chi connectivity index (χ0) is 11.1. The number of aliphatic hydroxyl groups excluding tert-OH is 1. The summed E-state index contributed by atoms with van der Waals surface area (Å²) in [6, 6.07) is 0. The quantitative estimate of drug-likeness (QED) is 0.702. The van der Waals surface area contributed by atoms with E-state index in [2.05, 4.69) is 18.8 Å². The zero-order valence-electron chi connectivity index (χ0n) is 10.1. The summed E-state index contributed by atoms with van der Waals surface area (Å²) in [4.78, 5) is 0. The molecular formula is C14H24O. The molecule has 0 aromatic rings. The molecule has 0 spiro atoms. The van der Waals surface area contributed by atoms with Crippen LogP contribution in [-0.2, 0) is 0 Å². The molecule has 1 saturated carbocycles. The van der Waals surface area contributed by atoms with Gasteiger partial charge in [-0.1, -0.05) is 32.6 Å². The molecule has 1 atom stereocenters. The van der Waals surface area contributed by atoms with E-state index in [0.717, 1.165) is 5.92 Å². The molecule has 0 aliphatic heterocycles. The summed E-state index contributed by atoms with van der Waals surface area (Å²) in [5.41, 5.74) is 0. The Morgan fingerprint density at radius 2 is 1.93 bits per heavy atom. The van der Waals surface area contributed by atoms with Crippen LogP contribution >= 0.6 is 0 Å². The summed E-state index contributed by atoms with van der Waals surface area (Å²) in [6.45, 7) is 4.10. The summed E-state index contributed by atoms with van der Waals surface area (Å²) >= 11 is 0. The van der Waals surface area contributed by atoms with Crippen LogP contribution < -0.4 is 0 Å². The molecule has 1 heteroatoms. The van der Waals surface area contributed by atoms with Crippen molar-refractivity contribution < 1.29 is 5.11 Å². The molecule has 0 bridgehead atoms.